The number of rotatable bonds is 10. The lowest BCUT2D eigenvalue weighted by Gasteiger charge is -2.31. The number of benzene rings is 2. The predicted octanol–water partition coefficient (Wildman–Crippen LogP) is 4.28. The predicted molar refractivity (Wildman–Crippen MR) is 129 cm³/mol. The molecule has 1 aliphatic heterocycles. The molecule has 0 spiro atoms. The van der Waals surface area contributed by atoms with Crippen LogP contribution in [0, 0.1) is 12.8 Å². The molecule has 6 nitrogen and oxygen atoms in total. The standard InChI is InChI=1S/C27H36N2O4/c1-5-23(27(31)28-17-19(2)3)29(18-22-8-6-7-20(4)15-22)26(30)12-10-21-9-11-24-25(16-21)33-14-13-32-24/h6-9,11,15-16,19,23H,5,10,12-14,17-18H2,1-4H3,(H,28,31)/t23-/m0/s1. The van der Waals surface area contributed by atoms with E-state index < -0.39 is 6.04 Å². The zero-order chi connectivity index (χ0) is 23.8. The molecule has 0 saturated heterocycles. The van der Waals surface area contributed by atoms with Gasteiger partial charge < -0.3 is 19.7 Å². The molecule has 0 unspecified atom stereocenters. The maximum atomic E-state index is 13.4. The second-order valence-electron chi connectivity index (χ2n) is 9.05. The normalized spacial score (nSPS) is 13.5. The number of ether oxygens (including phenoxy) is 2. The maximum Gasteiger partial charge on any atom is 0.242 e. The number of carbonyl (C=O) groups is 2. The van der Waals surface area contributed by atoms with Gasteiger partial charge in [0.25, 0.3) is 0 Å². The lowest BCUT2D eigenvalue weighted by Crippen LogP contribution is -2.49. The fraction of sp³-hybridized carbons (Fsp3) is 0.481. The van der Waals surface area contributed by atoms with Crippen molar-refractivity contribution in [1.82, 2.24) is 10.2 Å². The van der Waals surface area contributed by atoms with Gasteiger partial charge in [0.2, 0.25) is 11.8 Å². The zero-order valence-electron chi connectivity index (χ0n) is 20.2. The highest BCUT2D eigenvalue weighted by molar-refractivity contribution is 5.87. The average Bonchev–Trinajstić information content (AvgIpc) is 2.81. The first kappa shape index (κ1) is 24.6. The maximum absolute atomic E-state index is 13.4. The highest BCUT2D eigenvalue weighted by Gasteiger charge is 2.28. The largest absolute Gasteiger partial charge is 0.486 e. The zero-order valence-corrected chi connectivity index (χ0v) is 20.2. The van der Waals surface area contributed by atoms with E-state index in [1.807, 2.05) is 50.2 Å². The summed E-state index contributed by atoms with van der Waals surface area (Å²) in [4.78, 5) is 28.1. The third-order valence-corrected chi connectivity index (χ3v) is 5.74. The summed E-state index contributed by atoms with van der Waals surface area (Å²) < 4.78 is 11.3. The van der Waals surface area contributed by atoms with E-state index in [0.717, 1.165) is 28.2 Å². The van der Waals surface area contributed by atoms with Crippen molar-refractivity contribution in [2.75, 3.05) is 19.8 Å². The Morgan fingerprint density at radius 1 is 1.03 bits per heavy atom. The molecule has 0 radical (unpaired) electrons. The van der Waals surface area contributed by atoms with Crippen molar-refractivity contribution in [3.8, 4) is 11.5 Å². The quantitative estimate of drug-likeness (QED) is 0.584. The van der Waals surface area contributed by atoms with Gasteiger partial charge in [-0.1, -0.05) is 56.7 Å². The minimum atomic E-state index is -0.503. The topological polar surface area (TPSA) is 67.9 Å². The molecule has 1 N–H and O–H groups in total. The number of fused-ring (bicyclic) bond motifs is 1. The number of nitrogens with zero attached hydrogens (tertiary/aromatic N) is 1. The summed E-state index contributed by atoms with van der Waals surface area (Å²) in [6.45, 7) is 10.2. The Hall–Kier alpha value is -3.02. The highest BCUT2D eigenvalue weighted by Crippen LogP contribution is 2.31. The Labute approximate surface area is 197 Å². The van der Waals surface area contributed by atoms with E-state index in [9.17, 15) is 9.59 Å². The van der Waals surface area contributed by atoms with Gasteiger partial charge in [0.05, 0.1) is 0 Å². The molecule has 1 atom stereocenters. The Bertz CT molecular complexity index is 957. The van der Waals surface area contributed by atoms with E-state index in [0.29, 0.717) is 51.5 Å². The third-order valence-electron chi connectivity index (χ3n) is 5.74. The molecule has 6 heteroatoms. The summed E-state index contributed by atoms with van der Waals surface area (Å²) in [7, 11) is 0. The van der Waals surface area contributed by atoms with Crippen molar-refractivity contribution in [2.24, 2.45) is 5.92 Å². The fourth-order valence-corrected chi connectivity index (χ4v) is 3.99. The van der Waals surface area contributed by atoms with Gasteiger partial charge in [0.1, 0.15) is 19.3 Å². The van der Waals surface area contributed by atoms with Gasteiger partial charge >= 0.3 is 0 Å². The molecule has 33 heavy (non-hydrogen) atoms. The summed E-state index contributed by atoms with van der Waals surface area (Å²) >= 11 is 0. The fourth-order valence-electron chi connectivity index (χ4n) is 3.99. The summed E-state index contributed by atoms with van der Waals surface area (Å²) in [5, 5.41) is 3.01. The minimum absolute atomic E-state index is 0.0297. The van der Waals surface area contributed by atoms with Gasteiger partial charge in [-0.2, -0.15) is 0 Å². The first-order chi connectivity index (χ1) is 15.9. The Morgan fingerprint density at radius 2 is 1.79 bits per heavy atom. The number of hydrogen-bond donors (Lipinski definition) is 1. The van der Waals surface area contributed by atoms with Gasteiger partial charge in [0, 0.05) is 19.5 Å². The van der Waals surface area contributed by atoms with Crippen LogP contribution in [-0.4, -0.2) is 42.5 Å². The molecule has 1 heterocycles. The van der Waals surface area contributed by atoms with Crippen LogP contribution >= 0.6 is 0 Å². The first-order valence-electron chi connectivity index (χ1n) is 11.9. The summed E-state index contributed by atoms with van der Waals surface area (Å²) in [5.41, 5.74) is 3.17. The van der Waals surface area contributed by atoms with Crippen LogP contribution < -0.4 is 14.8 Å². The minimum Gasteiger partial charge on any atom is -0.486 e. The van der Waals surface area contributed by atoms with Gasteiger partial charge in [-0.3, -0.25) is 9.59 Å². The Balaban J connectivity index is 1.75. The molecular weight excluding hydrogens is 416 g/mol. The van der Waals surface area contributed by atoms with Crippen molar-refractivity contribution >= 4 is 11.8 Å². The van der Waals surface area contributed by atoms with Crippen LogP contribution in [0.2, 0.25) is 0 Å². The SMILES string of the molecule is CC[C@@H](C(=O)NCC(C)C)N(Cc1cccc(C)c1)C(=O)CCc1ccc2c(c1)OCCO2. The average molecular weight is 453 g/mol. The molecule has 0 aromatic heterocycles. The smallest absolute Gasteiger partial charge is 0.242 e. The summed E-state index contributed by atoms with van der Waals surface area (Å²) in [6, 6.07) is 13.4. The van der Waals surface area contributed by atoms with Crippen LogP contribution in [-0.2, 0) is 22.6 Å². The molecule has 2 amide bonds. The number of amides is 2. The first-order valence-corrected chi connectivity index (χ1v) is 11.9. The molecule has 1 aliphatic rings. The molecule has 2 aromatic carbocycles. The van der Waals surface area contributed by atoms with Gasteiger partial charge in [-0.25, -0.2) is 0 Å². The lowest BCUT2D eigenvalue weighted by atomic mass is 10.0. The van der Waals surface area contributed by atoms with Gasteiger partial charge in [-0.15, -0.1) is 0 Å². The van der Waals surface area contributed by atoms with Crippen molar-refractivity contribution in [2.45, 2.75) is 59.5 Å². The van der Waals surface area contributed by atoms with E-state index in [1.165, 1.54) is 0 Å². The molecule has 0 saturated carbocycles. The lowest BCUT2D eigenvalue weighted by molar-refractivity contribution is -0.141. The Kier molecular flexibility index (Phi) is 8.75. The van der Waals surface area contributed by atoms with Crippen LogP contribution in [0.3, 0.4) is 0 Å². The highest BCUT2D eigenvalue weighted by atomic mass is 16.6. The molecule has 0 fully saturated rings. The van der Waals surface area contributed by atoms with E-state index >= 15 is 0 Å². The van der Waals surface area contributed by atoms with E-state index in [-0.39, 0.29) is 11.8 Å². The van der Waals surface area contributed by atoms with Gasteiger partial charge in [-0.05, 0) is 48.9 Å². The molecule has 178 valence electrons. The van der Waals surface area contributed by atoms with Crippen molar-refractivity contribution in [1.29, 1.82) is 0 Å². The molecule has 0 bridgehead atoms. The molecular formula is C27H36N2O4. The van der Waals surface area contributed by atoms with Crippen molar-refractivity contribution in [3.63, 3.8) is 0 Å². The van der Waals surface area contributed by atoms with Crippen LogP contribution in [0.15, 0.2) is 42.5 Å². The second-order valence-corrected chi connectivity index (χ2v) is 9.05. The number of nitrogens with one attached hydrogen (secondary N) is 1. The number of hydrogen-bond acceptors (Lipinski definition) is 4. The van der Waals surface area contributed by atoms with Crippen molar-refractivity contribution < 1.29 is 19.1 Å². The monoisotopic (exact) mass is 452 g/mol. The van der Waals surface area contributed by atoms with Crippen molar-refractivity contribution in [3.05, 3.63) is 59.2 Å². The molecule has 0 aliphatic carbocycles. The molecule has 2 aromatic rings. The van der Waals surface area contributed by atoms with Gasteiger partial charge in [0.15, 0.2) is 11.5 Å². The van der Waals surface area contributed by atoms with Crippen LogP contribution in [0.25, 0.3) is 0 Å². The molecule has 3 rings (SSSR count). The van der Waals surface area contributed by atoms with Crippen LogP contribution in [0.5, 0.6) is 11.5 Å². The van der Waals surface area contributed by atoms with E-state index in [2.05, 4.69) is 25.2 Å². The third kappa shape index (κ3) is 6.98. The second kappa shape index (κ2) is 11.7. The summed E-state index contributed by atoms with van der Waals surface area (Å²) in [6.07, 6.45) is 1.45. The number of carbonyl (C=O) groups excluding carboxylic acids is 2. The van der Waals surface area contributed by atoms with Crippen LogP contribution in [0.1, 0.15) is 50.3 Å². The number of aryl methyl sites for hydroxylation is 2. The summed E-state index contributed by atoms with van der Waals surface area (Å²) in [5.74, 6) is 1.69. The van der Waals surface area contributed by atoms with Crippen LogP contribution in [0.4, 0.5) is 0 Å². The Morgan fingerprint density at radius 3 is 2.48 bits per heavy atom. The van der Waals surface area contributed by atoms with E-state index in [4.69, 9.17) is 9.47 Å². The van der Waals surface area contributed by atoms with E-state index in [1.54, 1.807) is 4.90 Å².